The Morgan fingerprint density at radius 1 is 0.963 bits per heavy atom. The minimum atomic E-state index is -4.52. The number of alkyl halides is 3. The zero-order valence-corrected chi connectivity index (χ0v) is 14.4. The number of hydrogen-bond acceptors (Lipinski definition) is 2. The van der Waals surface area contributed by atoms with Crippen molar-refractivity contribution < 1.29 is 18.0 Å². The summed E-state index contributed by atoms with van der Waals surface area (Å²) in [7, 11) is 0. The molecule has 1 N–H and O–H groups in total. The van der Waals surface area contributed by atoms with Crippen LogP contribution in [-0.2, 0) is 17.5 Å². The predicted molar refractivity (Wildman–Crippen MR) is 95.0 cm³/mol. The number of amides is 1. The molecule has 0 aliphatic rings. The van der Waals surface area contributed by atoms with Crippen molar-refractivity contribution in [3.63, 3.8) is 0 Å². The number of aromatic nitrogens is 2. The van der Waals surface area contributed by atoms with Crippen molar-refractivity contribution in [3.05, 3.63) is 89.7 Å². The molecule has 0 fully saturated rings. The third-order valence-corrected chi connectivity index (χ3v) is 4.14. The molecule has 0 bridgehead atoms. The first-order valence-electron chi connectivity index (χ1n) is 8.41. The van der Waals surface area contributed by atoms with Crippen molar-refractivity contribution in [3.8, 4) is 0 Å². The van der Waals surface area contributed by atoms with Crippen molar-refractivity contribution in [1.29, 1.82) is 0 Å². The maximum atomic E-state index is 12.6. The molecule has 4 nitrogen and oxygen atoms in total. The molecule has 0 unspecified atom stereocenters. The van der Waals surface area contributed by atoms with Crippen molar-refractivity contribution in [2.24, 2.45) is 0 Å². The van der Waals surface area contributed by atoms with Crippen molar-refractivity contribution >= 4 is 5.91 Å². The normalized spacial score (nSPS) is 11.6. The van der Waals surface area contributed by atoms with Gasteiger partial charge in [-0.3, -0.25) is 9.48 Å². The first-order chi connectivity index (χ1) is 12.9. The van der Waals surface area contributed by atoms with Gasteiger partial charge >= 0.3 is 6.18 Å². The van der Waals surface area contributed by atoms with Gasteiger partial charge in [0.1, 0.15) is 6.54 Å². The van der Waals surface area contributed by atoms with E-state index in [1.54, 1.807) is 0 Å². The van der Waals surface area contributed by atoms with Crippen LogP contribution in [-0.4, -0.2) is 22.2 Å². The highest BCUT2D eigenvalue weighted by Gasteiger charge is 2.33. The van der Waals surface area contributed by atoms with Crippen LogP contribution < -0.4 is 5.32 Å². The lowest BCUT2D eigenvalue weighted by Gasteiger charge is -2.19. The lowest BCUT2D eigenvalue weighted by molar-refractivity contribution is -0.141. The smallest absolute Gasteiger partial charge is 0.354 e. The quantitative estimate of drug-likeness (QED) is 0.713. The van der Waals surface area contributed by atoms with Gasteiger partial charge in [0.05, 0.1) is 0 Å². The number of nitrogens with one attached hydrogen (secondary N) is 1. The largest absolute Gasteiger partial charge is 0.435 e. The van der Waals surface area contributed by atoms with Gasteiger partial charge < -0.3 is 5.32 Å². The van der Waals surface area contributed by atoms with Gasteiger partial charge in [-0.05, 0) is 17.2 Å². The third kappa shape index (κ3) is 4.97. The molecular weight excluding hydrogens is 355 g/mol. The Bertz CT molecular complexity index is 837. The highest BCUT2D eigenvalue weighted by molar-refractivity contribution is 5.75. The lowest BCUT2D eigenvalue weighted by atomic mass is 9.91. The number of rotatable bonds is 6. The molecule has 0 aliphatic carbocycles. The van der Waals surface area contributed by atoms with Crippen LogP contribution in [0.3, 0.4) is 0 Å². The molecule has 1 aromatic heterocycles. The van der Waals surface area contributed by atoms with E-state index < -0.39 is 17.8 Å². The van der Waals surface area contributed by atoms with Crippen LogP contribution in [0.15, 0.2) is 72.9 Å². The van der Waals surface area contributed by atoms with E-state index in [0.717, 1.165) is 28.1 Å². The van der Waals surface area contributed by atoms with Crippen LogP contribution >= 0.6 is 0 Å². The zero-order chi connectivity index (χ0) is 19.3. The average molecular weight is 373 g/mol. The second kappa shape index (κ2) is 8.07. The summed E-state index contributed by atoms with van der Waals surface area (Å²) in [6.45, 7) is 0.0621. The molecule has 3 aromatic rings. The monoisotopic (exact) mass is 373 g/mol. The summed E-state index contributed by atoms with van der Waals surface area (Å²) in [5.74, 6) is -0.455. The molecule has 0 spiro atoms. The van der Waals surface area contributed by atoms with E-state index in [2.05, 4.69) is 10.4 Å². The maximum Gasteiger partial charge on any atom is 0.435 e. The highest BCUT2D eigenvalue weighted by Crippen LogP contribution is 2.27. The number of carbonyl (C=O) groups is 1. The highest BCUT2D eigenvalue weighted by atomic mass is 19.4. The van der Waals surface area contributed by atoms with E-state index >= 15 is 0 Å². The molecule has 0 radical (unpaired) electrons. The van der Waals surface area contributed by atoms with Crippen LogP contribution in [0.1, 0.15) is 22.7 Å². The Labute approximate surface area is 154 Å². The molecule has 0 saturated carbocycles. The Morgan fingerprint density at radius 2 is 1.52 bits per heavy atom. The molecule has 27 heavy (non-hydrogen) atoms. The number of nitrogens with zero attached hydrogens (tertiary/aromatic N) is 2. The molecule has 3 rings (SSSR count). The molecule has 140 valence electrons. The molecule has 1 amide bonds. The van der Waals surface area contributed by atoms with Crippen molar-refractivity contribution in [2.45, 2.75) is 18.6 Å². The molecule has 0 atom stereocenters. The predicted octanol–water partition coefficient (Wildman–Crippen LogP) is 3.85. The van der Waals surface area contributed by atoms with Crippen LogP contribution in [0.5, 0.6) is 0 Å². The molecule has 0 aliphatic heterocycles. The van der Waals surface area contributed by atoms with Gasteiger partial charge in [0.25, 0.3) is 0 Å². The fourth-order valence-electron chi connectivity index (χ4n) is 2.82. The topological polar surface area (TPSA) is 46.9 Å². The second-order valence-electron chi connectivity index (χ2n) is 6.07. The Morgan fingerprint density at radius 3 is 2.00 bits per heavy atom. The fraction of sp³-hybridized carbons (Fsp3) is 0.200. The summed E-state index contributed by atoms with van der Waals surface area (Å²) in [5.41, 5.74) is 1.08. The van der Waals surface area contributed by atoms with Crippen LogP contribution in [0.2, 0.25) is 0 Å². The van der Waals surface area contributed by atoms with Crippen molar-refractivity contribution in [1.82, 2.24) is 15.1 Å². The average Bonchev–Trinajstić information content (AvgIpc) is 3.12. The van der Waals surface area contributed by atoms with Gasteiger partial charge in [-0.15, -0.1) is 0 Å². The first-order valence-corrected chi connectivity index (χ1v) is 8.41. The minimum absolute atomic E-state index is 0.0558. The number of benzene rings is 2. The van der Waals surface area contributed by atoms with Gasteiger partial charge in [0.15, 0.2) is 5.69 Å². The van der Waals surface area contributed by atoms with Gasteiger partial charge in [-0.2, -0.15) is 18.3 Å². The van der Waals surface area contributed by atoms with E-state index in [-0.39, 0.29) is 12.5 Å². The van der Waals surface area contributed by atoms with E-state index in [1.807, 2.05) is 60.7 Å². The SMILES string of the molecule is O=C(Cn1ccc(C(F)(F)F)n1)NCC(c1ccccc1)c1ccccc1. The van der Waals surface area contributed by atoms with E-state index in [0.29, 0.717) is 6.54 Å². The summed E-state index contributed by atoms with van der Waals surface area (Å²) in [4.78, 5) is 12.2. The number of carbonyl (C=O) groups excluding carboxylic acids is 1. The summed E-state index contributed by atoms with van der Waals surface area (Å²) >= 11 is 0. The van der Waals surface area contributed by atoms with Gasteiger partial charge in [-0.25, -0.2) is 0 Å². The van der Waals surface area contributed by atoms with Crippen LogP contribution in [0.4, 0.5) is 13.2 Å². The molecule has 2 aromatic carbocycles. The Balaban J connectivity index is 1.67. The maximum absolute atomic E-state index is 12.6. The molecule has 1 heterocycles. The van der Waals surface area contributed by atoms with E-state index in [9.17, 15) is 18.0 Å². The Hall–Kier alpha value is -3.09. The van der Waals surface area contributed by atoms with Crippen LogP contribution in [0.25, 0.3) is 0 Å². The summed E-state index contributed by atoms with van der Waals surface area (Å²) < 4.78 is 38.8. The third-order valence-electron chi connectivity index (χ3n) is 4.14. The van der Waals surface area contributed by atoms with E-state index in [1.165, 1.54) is 0 Å². The zero-order valence-electron chi connectivity index (χ0n) is 14.4. The molecule has 7 heteroatoms. The molecule has 0 saturated heterocycles. The van der Waals surface area contributed by atoms with E-state index in [4.69, 9.17) is 0 Å². The Kier molecular flexibility index (Phi) is 5.59. The van der Waals surface area contributed by atoms with Gasteiger partial charge in [0.2, 0.25) is 5.91 Å². The first kappa shape index (κ1) is 18.7. The van der Waals surface area contributed by atoms with Crippen LogP contribution in [0, 0.1) is 0 Å². The second-order valence-corrected chi connectivity index (χ2v) is 6.07. The lowest BCUT2D eigenvalue weighted by Crippen LogP contribution is -2.32. The summed E-state index contributed by atoms with van der Waals surface area (Å²) in [6, 6.07) is 20.3. The number of halogens is 3. The summed E-state index contributed by atoms with van der Waals surface area (Å²) in [5, 5.41) is 6.19. The van der Waals surface area contributed by atoms with Gasteiger partial charge in [0, 0.05) is 18.7 Å². The number of hydrogen-bond donors (Lipinski definition) is 1. The fourth-order valence-corrected chi connectivity index (χ4v) is 2.82. The molecular formula is C20H18F3N3O. The van der Waals surface area contributed by atoms with Crippen molar-refractivity contribution in [2.75, 3.05) is 6.54 Å². The van der Waals surface area contributed by atoms with Gasteiger partial charge in [-0.1, -0.05) is 60.7 Å². The standard InChI is InChI=1S/C20H18F3N3O/c21-20(22,23)18-11-12-26(25-18)14-19(27)24-13-17(15-7-3-1-4-8-15)16-9-5-2-6-10-16/h1-12,17H,13-14H2,(H,24,27). The minimum Gasteiger partial charge on any atom is -0.354 e. The summed E-state index contributed by atoms with van der Waals surface area (Å²) in [6.07, 6.45) is -3.37.